The Labute approximate surface area is 308 Å². The van der Waals surface area contributed by atoms with Gasteiger partial charge in [-0.1, -0.05) is 52.9 Å². The molecule has 0 N–H and O–H groups in total. The number of nitrogens with zero attached hydrogens (tertiary/aromatic N) is 2. The monoisotopic (exact) mass is 722 g/mol. The molecule has 3 aliphatic heterocycles. The van der Waals surface area contributed by atoms with Crippen LogP contribution in [0.3, 0.4) is 0 Å². The van der Waals surface area contributed by atoms with Crippen LogP contribution in [0.2, 0.25) is 10.0 Å². The normalized spacial score (nSPS) is 22.4. The third kappa shape index (κ3) is 6.75. The lowest BCUT2D eigenvalue weighted by atomic mass is 9.73. The Morgan fingerprint density at radius 2 is 1.00 bits per heavy atom. The van der Waals surface area contributed by atoms with Crippen LogP contribution in [-0.2, 0) is 14.4 Å². The van der Waals surface area contributed by atoms with E-state index in [1.165, 1.54) is 38.5 Å². The van der Waals surface area contributed by atoms with Crippen molar-refractivity contribution in [2.75, 3.05) is 6.61 Å². The summed E-state index contributed by atoms with van der Waals surface area (Å²) in [5.74, 6) is 3.05. The van der Waals surface area contributed by atoms with E-state index in [9.17, 15) is 0 Å². The Morgan fingerprint density at radius 1 is 0.549 bits per heavy atom. The lowest BCUT2D eigenvalue weighted by Crippen LogP contribution is -2.48. The van der Waals surface area contributed by atoms with Crippen LogP contribution in [0.5, 0.6) is 23.0 Å². The van der Waals surface area contributed by atoms with Crippen molar-refractivity contribution in [1.29, 1.82) is 0 Å². The van der Waals surface area contributed by atoms with E-state index in [4.69, 9.17) is 47.1 Å². The highest BCUT2D eigenvalue weighted by atomic mass is 35.5. The first-order valence-corrected chi connectivity index (χ1v) is 18.6. The molecule has 3 heterocycles. The largest absolute Gasteiger partial charge is 0.457 e. The first kappa shape index (κ1) is 33.8. The SMILES string of the molecule is C=C1C(c2ccc(Oc3ccc(Cl)cc3)cc2)=NOC12CCCCC2.Clc1ccc(Oc2ccc(C3=NOC4(CCCCC4)C34CO4)cc2)cc1. The van der Waals surface area contributed by atoms with Gasteiger partial charge in [-0.2, -0.15) is 0 Å². The molecule has 1 saturated heterocycles. The van der Waals surface area contributed by atoms with Crippen LogP contribution in [0, 0.1) is 0 Å². The zero-order valence-corrected chi connectivity index (χ0v) is 29.9. The van der Waals surface area contributed by atoms with Gasteiger partial charge < -0.3 is 23.9 Å². The molecule has 0 aromatic heterocycles. The van der Waals surface area contributed by atoms with Gasteiger partial charge in [-0.25, -0.2) is 0 Å². The molecule has 2 saturated carbocycles. The molecular formula is C42H40Cl2N2O5. The van der Waals surface area contributed by atoms with Crippen LogP contribution < -0.4 is 9.47 Å². The average molecular weight is 724 g/mol. The fourth-order valence-electron chi connectivity index (χ4n) is 7.71. The first-order valence-electron chi connectivity index (χ1n) is 17.8. The first-order chi connectivity index (χ1) is 24.9. The molecule has 2 aliphatic carbocycles. The molecule has 51 heavy (non-hydrogen) atoms. The summed E-state index contributed by atoms with van der Waals surface area (Å²) in [5, 5.41) is 10.2. The highest BCUT2D eigenvalue weighted by molar-refractivity contribution is 6.30. The zero-order chi connectivity index (χ0) is 34.9. The number of oxime groups is 2. The minimum atomic E-state index is -0.341. The third-order valence-electron chi connectivity index (χ3n) is 10.7. The maximum Gasteiger partial charge on any atom is 0.179 e. The fraction of sp³-hybridized carbons (Fsp3) is 0.333. The second kappa shape index (κ2) is 14.0. The van der Waals surface area contributed by atoms with Crippen molar-refractivity contribution in [3.05, 3.63) is 130 Å². The van der Waals surface area contributed by atoms with E-state index in [1.807, 2.05) is 97.1 Å². The van der Waals surface area contributed by atoms with E-state index >= 15 is 0 Å². The molecule has 0 bridgehead atoms. The number of ether oxygens (including phenoxy) is 3. The van der Waals surface area contributed by atoms with Crippen LogP contribution in [-0.4, -0.2) is 34.8 Å². The van der Waals surface area contributed by atoms with Crippen LogP contribution >= 0.6 is 23.2 Å². The molecule has 262 valence electrons. The Bertz CT molecular complexity index is 1920. The van der Waals surface area contributed by atoms with E-state index in [2.05, 4.69) is 16.9 Å². The minimum absolute atomic E-state index is 0.251. The van der Waals surface area contributed by atoms with Gasteiger partial charge in [-0.05, 0) is 148 Å². The van der Waals surface area contributed by atoms with Crippen molar-refractivity contribution in [2.45, 2.75) is 81.0 Å². The molecular weight excluding hydrogens is 683 g/mol. The van der Waals surface area contributed by atoms with Crippen molar-refractivity contribution in [3.8, 4) is 23.0 Å². The van der Waals surface area contributed by atoms with E-state index in [0.29, 0.717) is 16.7 Å². The Morgan fingerprint density at radius 3 is 1.49 bits per heavy atom. The molecule has 9 rings (SSSR count). The van der Waals surface area contributed by atoms with Gasteiger partial charge >= 0.3 is 0 Å². The van der Waals surface area contributed by atoms with Crippen molar-refractivity contribution in [1.82, 2.24) is 0 Å². The van der Waals surface area contributed by atoms with Crippen LogP contribution in [0.1, 0.15) is 75.3 Å². The number of hydrogen-bond acceptors (Lipinski definition) is 7. The van der Waals surface area contributed by atoms with Crippen molar-refractivity contribution in [3.63, 3.8) is 0 Å². The molecule has 5 aliphatic rings. The molecule has 7 nitrogen and oxygen atoms in total. The zero-order valence-electron chi connectivity index (χ0n) is 28.4. The molecule has 4 aromatic rings. The second-order valence-electron chi connectivity index (χ2n) is 13.9. The Hall–Kier alpha value is -4.30. The van der Waals surface area contributed by atoms with E-state index in [-0.39, 0.29) is 16.8 Å². The summed E-state index contributed by atoms with van der Waals surface area (Å²) in [7, 11) is 0. The maximum atomic E-state index is 5.98. The summed E-state index contributed by atoms with van der Waals surface area (Å²) in [6, 6.07) is 30.5. The van der Waals surface area contributed by atoms with Gasteiger partial charge in [0.2, 0.25) is 0 Å². The predicted molar refractivity (Wildman–Crippen MR) is 201 cm³/mol. The lowest BCUT2D eigenvalue weighted by Gasteiger charge is -2.34. The number of hydrogen-bond donors (Lipinski definition) is 0. The van der Waals surface area contributed by atoms with Gasteiger partial charge in [0.1, 0.15) is 34.4 Å². The molecule has 1 unspecified atom stereocenters. The summed E-state index contributed by atoms with van der Waals surface area (Å²) >= 11 is 11.8. The van der Waals surface area contributed by atoms with Crippen LogP contribution in [0.15, 0.2) is 120 Å². The highest BCUT2D eigenvalue weighted by Crippen LogP contribution is 2.54. The highest BCUT2D eigenvalue weighted by Gasteiger charge is 2.70. The summed E-state index contributed by atoms with van der Waals surface area (Å²) in [4.78, 5) is 11.8. The molecule has 1 atom stereocenters. The molecule has 3 spiro atoms. The van der Waals surface area contributed by atoms with E-state index in [0.717, 1.165) is 76.8 Å². The van der Waals surface area contributed by atoms with Gasteiger partial charge in [0, 0.05) is 26.7 Å². The molecule has 3 fully saturated rings. The topological polar surface area (TPSA) is 74.2 Å². The Kier molecular flexibility index (Phi) is 9.30. The Balaban J connectivity index is 0.000000147. The second-order valence-corrected chi connectivity index (χ2v) is 14.8. The van der Waals surface area contributed by atoms with Crippen molar-refractivity contribution >= 4 is 34.6 Å². The summed E-state index contributed by atoms with van der Waals surface area (Å²) < 4.78 is 17.7. The molecule has 0 amide bonds. The number of rotatable bonds is 6. The summed E-state index contributed by atoms with van der Waals surface area (Å²) in [5.41, 5.74) is 3.98. The van der Waals surface area contributed by atoms with Gasteiger partial charge in [0.05, 0.1) is 6.61 Å². The number of halogens is 2. The van der Waals surface area contributed by atoms with Crippen molar-refractivity contribution in [2.24, 2.45) is 10.3 Å². The fourth-order valence-corrected chi connectivity index (χ4v) is 7.97. The lowest BCUT2D eigenvalue weighted by molar-refractivity contribution is -0.0788. The van der Waals surface area contributed by atoms with Gasteiger partial charge in [-0.3, -0.25) is 0 Å². The molecule has 4 aromatic carbocycles. The van der Waals surface area contributed by atoms with Gasteiger partial charge in [-0.15, -0.1) is 0 Å². The van der Waals surface area contributed by atoms with Gasteiger partial charge in [0.25, 0.3) is 0 Å². The summed E-state index contributed by atoms with van der Waals surface area (Å²) in [6.45, 7) is 4.99. The van der Waals surface area contributed by atoms with Gasteiger partial charge in [0.15, 0.2) is 16.8 Å². The summed E-state index contributed by atoms with van der Waals surface area (Å²) in [6.07, 6.45) is 11.3. The van der Waals surface area contributed by atoms with Crippen molar-refractivity contribution < 1.29 is 23.9 Å². The number of epoxide rings is 1. The molecule has 9 heteroatoms. The smallest absolute Gasteiger partial charge is 0.179 e. The van der Waals surface area contributed by atoms with E-state index < -0.39 is 0 Å². The minimum Gasteiger partial charge on any atom is -0.457 e. The number of benzene rings is 4. The molecule has 0 radical (unpaired) electrons. The maximum absolute atomic E-state index is 5.98. The predicted octanol–water partition coefficient (Wildman–Crippen LogP) is 11.5. The van der Waals surface area contributed by atoms with Crippen LogP contribution in [0.4, 0.5) is 0 Å². The standard InChI is InChI=1S/C21H20ClNO3.C21H20ClNO2/c22-16-6-10-18(11-7-16)25-17-8-4-15(5-9-17)19-21(14-24-21)20(26-23-19)12-2-1-3-13-20;1-15-20(23-25-21(15)13-3-2-4-14-21)16-5-9-18(10-6-16)24-19-11-7-17(22)8-12-19/h4-11H,1-3,12-14H2;5-12H,1-4,13-14H2. The quantitative estimate of drug-likeness (QED) is 0.185. The number of fused-ring (bicyclic) bond motifs is 1. The van der Waals surface area contributed by atoms with E-state index in [1.54, 1.807) is 0 Å². The van der Waals surface area contributed by atoms with Crippen LogP contribution in [0.25, 0.3) is 0 Å². The average Bonchev–Trinajstić information content (AvgIpc) is 3.86. The third-order valence-corrected chi connectivity index (χ3v) is 11.2.